The predicted octanol–water partition coefficient (Wildman–Crippen LogP) is 0.576. The molecule has 1 aromatic carbocycles. The molecule has 1 unspecified atom stereocenters. The van der Waals surface area contributed by atoms with E-state index in [-0.39, 0.29) is 18.9 Å². The van der Waals surface area contributed by atoms with E-state index < -0.39 is 23.6 Å². The molecular formula is C18H17N3O7. The van der Waals surface area contributed by atoms with Crippen LogP contribution < -0.4 is 4.90 Å². The third-order valence-electron chi connectivity index (χ3n) is 4.31. The number of benzene rings is 1. The number of hydrogen-bond donors (Lipinski definition) is 1. The molecule has 28 heavy (non-hydrogen) atoms. The molecule has 0 aliphatic carbocycles. The number of rotatable bonds is 5. The van der Waals surface area contributed by atoms with Crippen molar-refractivity contribution in [3.63, 3.8) is 0 Å². The number of fused-ring (bicyclic) bond motifs is 1. The van der Waals surface area contributed by atoms with Gasteiger partial charge in [0.25, 0.3) is 0 Å². The van der Waals surface area contributed by atoms with Crippen molar-refractivity contribution in [1.82, 2.24) is 5.06 Å². The van der Waals surface area contributed by atoms with Gasteiger partial charge in [-0.2, -0.15) is 5.06 Å². The normalized spacial score (nSPS) is 19.2. The summed E-state index contributed by atoms with van der Waals surface area (Å²) in [7, 11) is 0. The predicted molar refractivity (Wildman–Crippen MR) is 95.9 cm³/mol. The molecule has 0 spiro atoms. The number of ether oxygens (including phenoxy) is 1. The maximum Gasteiger partial charge on any atom is 0.319 e. The summed E-state index contributed by atoms with van der Waals surface area (Å²) >= 11 is 0. The number of aliphatic imine (C=N–C) groups is 1. The number of Topliss-reactive ketones (excluding diaryl/α,β-unsaturated/α-hetero) is 1. The Balaban J connectivity index is 1.74. The molecule has 1 atom stereocenters. The highest BCUT2D eigenvalue weighted by molar-refractivity contribution is 6.22. The summed E-state index contributed by atoms with van der Waals surface area (Å²) in [5, 5.41) is 10.5. The topological polar surface area (TPSA) is 126 Å². The van der Waals surface area contributed by atoms with E-state index >= 15 is 0 Å². The monoisotopic (exact) mass is 387 g/mol. The molecule has 146 valence electrons. The average molecular weight is 387 g/mol. The Kier molecular flexibility index (Phi) is 5.65. The molecule has 2 aliphatic heterocycles. The van der Waals surface area contributed by atoms with Crippen molar-refractivity contribution in [1.29, 1.82) is 0 Å². The zero-order chi connectivity index (χ0) is 20.3. The lowest BCUT2D eigenvalue weighted by atomic mass is 9.94. The van der Waals surface area contributed by atoms with Gasteiger partial charge in [-0.25, -0.2) is 4.79 Å². The van der Waals surface area contributed by atoms with E-state index in [4.69, 9.17) is 14.7 Å². The summed E-state index contributed by atoms with van der Waals surface area (Å²) in [6, 6.07) is 4.75. The fraction of sp³-hybridized carbons (Fsp3) is 0.333. The fourth-order valence-corrected chi connectivity index (χ4v) is 2.91. The van der Waals surface area contributed by atoms with Crippen molar-refractivity contribution in [3.8, 4) is 0 Å². The molecule has 0 amide bonds. The SMILES string of the molecule is CC(=O)OCON1CCN(c2ccc3c(c2)N=CC(C(=O)O)C3=O)C(=C=O)C1. The van der Waals surface area contributed by atoms with E-state index in [9.17, 15) is 19.2 Å². The standard InChI is InChI=1S/C18H17N3O7/c1-11(23)27-10-28-20-4-5-21(13(8-20)9-22)12-2-3-14-16(6-12)19-7-15(17(14)24)18(25)26/h2-3,6-7,15H,4-5,8,10H2,1H3,(H,25,26). The van der Waals surface area contributed by atoms with Gasteiger partial charge in [-0.15, -0.1) is 0 Å². The summed E-state index contributed by atoms with van der Waals surface area (Å²) in [6.45, 7) is 1.96. The summed E-state index contributed by atoms with van der Waals surface area (Å²) in [5.41, 5.74) is 1.48. The molecule has 0 radical (unpaired) electrons. The summed E-state index contributed by atoms with van der Waals surface area (Å²) in [4.78, 5) is 56.6. The highest BCUT2D eigenvalue weighted by Gasteiger charge is 2.31. The number of carbonyl (C=O) groups excluding carboxylic acids is 3. The Bertz CT molecular complexity index is 904. The third kappa shape index (κ3) is 3.99. The Morgan fingerprint density at radius 2 is 2.14 bits per heavy atom. The third-order valence-corrected chi connectivity index (χ3v) is 4.31. The maximum absolute atomic E-state index is 12.2. The molecule has 3 rings (SSSR count). The Morgan fingerprint density at radius 1 is 1.36 bits per heavy atom. The number of hydrogen-bond acceptors (Lipinski definition) is 9. The lowest BCUT2D eigenvalue weighted by molar-refractivity contribution is -0.220. The van der Waals surface area contributed by atoms with Crippen LogP contribution in [0.1, 0.15) is 17.3 Å². The van der Waals surface area contributed by atoms with E-state index in [1.54, 1.807) is 17.0 Å². The van der Waals surface area contributed by atoms with Crippen molar-refractivity contribution >= 4 is 41.3 Å². The first kappa shape index (κ1) is 19.4. The molecular weight excluding hydrogens is 370 g/mol. The van der Waals surface area contributed by atoms with Crippen molar-refractivity contribution < 1.29 is 33.9 Å². The summed E-state index contributed by atoms with van der Waals surface area (Å²) < 4.78 is 4.71. The summed E-state index contributed by atoms with van der Waals surface area (Å²) in [6.07, 6.45) is 1.11. The van der Waals surface area contributed by atoms with Gasteiger partial charge < -0.3 is 14.7 Å². The largest absolute Gasteiger partial charge is 0.480 e. The van der Waals surface area contributed by atoms with Gasteiger partial charge in [0.05, 0.1) is 12.2 Å². The second-order valence-corrected chi connectivity index (χ2v) is 6.11. The molecule has 1 fully saturated rings. The molecule has 1 N–H and O–H groups in total. The van der Waals surface area contributed by atoms with E-state index in [1.165, 1.54) is 18.1 Å². The van der Waals surface area contributed by atoms with Crippen molar-refractivity contribution in [2.24, 2.45) is 10.9 Å². The maximum atomic E-state index is 12.2. The number of anilines is 1. The smallest absolute Gasteiger partial charge is 0.319 e. The van der Waals surface area contributed by atoms with E-state index in [2.05, 4.69) is 4.99 Å². The number of esters is 1. The lowest BCUT2D eigenvalue weighted by Crippen LogP contribution is -2.45. The highest BCUT2D eigenvalue weighted by atomic mass is 16.8. The molecule has 1 saturated heterocycles. The lowest BCUT2D eigenvalue weighted by Gasteiger charge is -2.35. The molecule has 0 aromatic heterocycles. The molecule has 2 aliphatic rings. The van der Waals surface area contributed by atoms with Gasteiger partial charge in [0.15, 0.2) is 11.7 Å². The van der Waals surface area contributed by atoms with Crippen LogP contribution in [0.5, 0.6) is 0 Å². The van der Waals surface area contributed by atoms with Gasteiger partial charge in [-0.3, -0.25) is 24.2 Å². The minimum Gasteiger partial charge on any atom is -0.480 e. The van der Waals surface area contributed by atoms with Crippen LogP contribution in [0, 0.1) is 5.92 Å². The number of carboxylic acid groups (broad SMARTS) is 1. The van der Waals surface area contributed by atoms with Crippen molar-refractivity contribution in [2.45, 2.75) is 6.92 Å². The number of ketones is 1. The molecule has 0 saturated carbocycles. The van der Waals surface area contributed by atoms with Crippen LogP contribution in [0.3, 0.4) is 0 Å². The number of carboxylic acids is 1. The molecule has 1 aromatic rings. The Morgan fingerprint density at radius 3 is 2.82 bits per heavy atom. The van der Waals surface area contributed by atoms with E-state index in [0.717, 1.165) is 6.21 Å². The van der Waals surface area contributed by atoms with Gasteiger partial charge in [0, 0.05) is 37.5 Å². The highest BCUT2D eigenvalue weighted by Crippen LogP contribution is 2.32. The van der Waals surface area contributed by atoms with Crippen LogP contribution in [0.2, 0.25) is 0 Å². The molecule has 0 bridgehead atoms. The van der Waals surface area contributed by atoms with Crippen LogP contribution in [0.4, 0.5) is 11.4 Å². The van der Waals surface area contributed by atoms with E-state index in [0.29, 0.717) is 30.2 Å². The van der Waals surface area contributed by atoms with Crippen LogP contribution in [-0.4, -0.2) is 66.5 Å². The van der Waals surface area contributed by atoms with Crippen molar-refractivity contribution in [2.75, 3.05) is 31.3 Å². The second kappa shape index (κ2) is 8.13. The van der Waals surface area contributed by atoms with Crippen LogP contribution >= 0.6 is 0 Å². The fourth-order valence-electron chi connectivity index (χ4n) is 2.91. The van der Waals surface area contributed by atoms with E-state index in [1.807, 2.05) is 5.94 Å². The van der Waals surface area contributed by atoms with Gasteiger partial charge in [0.1, 0.15) is 11.6 Å². The first-order valence-electron chi connectivity index (χ1n) is 8.38. The molecule has 2 heterocycles. The first-order chi connectivity index (χ1) is 13.4. The number of nitrogens with zero attached hydrogens (tertiary/aromatic N) is 3. The zero-order valence-corrected chi connectivity index (χ0v) is 15.0. The van der Waals surface area contributed by atoms with Gasteiger partial charge in [0.2, 0.25) is 6.79 Å². The van der Waals surface area contributed by atoms with Crippen molar-refractivity contribution in [3.05, 3.63) is 29.5 Å². The number of hydroxylamine groups is 2. The summed E-state index contributed by atoms with van der Waals surface area (Å²) in [5.74, 6) is -1.67. The van der Waals surface area contributed by atoms with Crippen LogP contribution in [0.25, 0.3) is 0 Å². The first-order valence-corrected chi connectivity index (χ1v) is 8.38. The quantitative estimate of drug-likeness (QED) is 0.334. The van der Waals surface area contributed by atoms with Gasteiger partial charge in [-0.1, -0.05) is 0 Å². The average Bonchev–Trinajstić information content (AvgIpc) is 2.67. The Hall–Kier alpha value is -3.33. The number of aliphatic carboxylic acids is 1. The number of carbonyl (C=O) groups is 3. The Labute approximate surface area is 159 Å². The number of piperazine rings is 1. The minimum absolute atomic E-state index is 0.130. The minimum atomic E-state index is -1.29. The van der Waals surface area contributed by atoms with Crippen LogP contribution in [-0.2, 0) is 24.0 Å². The zero-order valence-electron chi connectivity index (χ0n) is 15.0. The van der Waals surface area contributed by atoms with Gasteiger partial charge in [-0.05, 0) is 18.2 Å². The van der Waals surface area contributed by atoms with Gasteiger partial charge >= 0.3 is 11.9 Å². The second-order valence-electron chi connectivity index (χ2n) is 6.11. The molecule has 10 heteroatoms. The van der Waals surface area contributed by atoms with Crippen LogP contribution in [0.15, 0.2) is 28.9 Å². The molecule has 10 nitrogen and oxygen atoms in total.